The summed E-state index contributed by atoms with van der Waals surface area (Å²) in [4.78, 5) is 11.6. The van der Waals surface area contributed by atoms with Crippen LogP contribution < -0.4 is 11.1 Å². The third kappa shape index (κ3) is 5.05. The lowest BCUT2D eigenvalue weighted by Crippen LogP contribution is -2.17. The lowest BCUT2D eigenvalue weighted by Gasteiger charge is -2.08. The van der Waals surface area contributed by atoms with Crippen molar-refractivity contribution in [2.24, 2.45) is 5.73 Å². The summed E-state index contributed by atoms with van der Waals surface area (Å²) in [7, 11) is 0. The minimum atomic E-state index is -0.136. The number of amides is 1. The molecule has 3 N–H and O–H groups in total. The molecule has 1 aromatic heterocycles. The van der Waals surface area contributed by atoms with Crippen molar-refractivity contribution in [3.8, 4) is 0 Å². The number of hydrogen-bond donors (Lipinski definition) is 2. The number of carbonyl (C=O) groups is 1. The molecule has 1 aromatic rings. The number of thioether (sulfide) groups is 1. The maximum atomic E-state index is 11.6. The molecule has 18 heavy (non-hydrogen) atoms. The van der Waals surface area contributed by atoms with Crippen LogP contribution in [0.2, 0.25) is 0 Å². The van der Waals surface area contributed by atoms with Crippen molar-refractivity contribution in [1.29, 1.82) is 0 Å². The molecule has 1 heterocycles. The van der Waals surface area contributed by atoms with E-state index in [9.17, 15) is 4.79 Å². The Hall–Kier alpha value is -1.08. The standard InChI is InChI=1S/C11H20N4O2S/c1-7(2)10-14-15-11(17-10)13-9(16)6-18-8(3)4-5-12/h7-8H,4-6,12H2,1-3H3,(H,13,15,16). The molecule has 0 fully saturated rings. The Morgan fingerprint density at radius 3 is 2.72 bits per heavy atom. The normalized spacial score (nSPS) is 12.7. The van der Waals surface area contributed by atoms with Gasteiger partial charge in [0.2, 0.25) is 11.8 Å². The number of anilines is 1. The first-order valence-electron chi connectivity index (χ1n) is 5.97. The van der Waals surface area contributed by atoms with E-state index < -0.39 is 0 Å². The van der Waals surface area contributed by atoms with Gasteiger partial charge in [0.1, 0.15) is 0 Å². The fourth-order valence-electron chi connectivity index (χ4n) is 1.21. The van der Waals surface area contributed by atoms with Crippen LogP contribution in [0.3, 0.4) is 0 Å². The summed E-state index contributed by atoms with van der Waals surface area (Å²) in [5.41, 5.74) is 5.44. The fraction of sp³-hybridized carbons (Fsp3) is 0.727. The molecule has 0 aliphatic carbocycles. The van der Waals surface area contributed by atoms with Crippen molar-refractivity contribution in [3.05, 3.63) is 5.89 Å². The number of carbonyl (C=O) groups excluding carboxylic acids is 1. The molecule has 1 amide bonds. The Morgan fingerprint density at radius 2 is 2.17 bits per heavy atom. The average molecular weight is 272 g/mol. The molecule has 0 spiro atoms. The van der Waals surface area contributed by atoms with Crippen LogP contribution in [0.15, 0.2) is 4.42 Å². The van der Waals surface area contributed by atoms with Gasteiger partial charge in [-0.1, -0.05) is 25.9 Å². The number of aromatic nitrogens is 2. The Balaban J connectivity index is 2.35. The molecule has 1 unspecified atom stereocenters. The molecule has 6 nitrogen and oxygen atoms in total. The van der Waals surface area contributed by atoms with Crippen molar-refractivity contribution in [2.75, 3.05) is 17.6 Å². The van der Waals surface area contributed by atoms with E-state index in [0.717, 1.165) is 6.42 Å². The van der Waals surface area contributed by atoms with Gasteiger partial charge >= 0.3 is 6.01 Å². The van der Waals surface area contributed by atoms with Crippen LogP contribution in [-0.4, -0.2) is 33.7 Å². The Morgan fingerprint density at radius 1 is 1.44 bits per heavy atom. The van der Waals surface area contributed by atoms with E-state index in [2.05, 4.69) is 15.5 Å². The zero-order chi connectivity index (χ0) is 13.5. The third-order valence-electron chi connectivity index (χ3n) is 2.25. The fourth-order valence-corrected chi connectivity index (χ4v) is 2.02. The molecule has 0 saturated carbocycles. The monoisotopic (exact) mass is 272 g/mol. The summed E-state index contributed by atoms with van der Waals surface area (Å²) in [6, 6.07) is 0.163. The van der Waals surface area contributed by atoms with Crippen LogP contribution in [-0.2, 0) is 4.79 Å². The van der Waals surface area contributed by atoms with Gasteiger partial charge in [0, 0.05) is 11.2 Å². The number of rotatable bonds is 7. The van der Waals surface area contributed by atoms with Gasteiger partial charge < -0.3 is 10.2 Å². The summed E-state index contributed by atoms with van der Waals surface area (Å²) >= 11 is 1.56. The minimum Gasteiger partial charge on any atom is -0.408 e. The molecule has 0 radical (unpaired) electrons. The molecule has 7 heteroatoms. The first kappa shape index (κ1) is 15.0. The Kier molecular flexibility index (Phi) is 6.14. The van der Waals surface area contributed by atoms with Crippen LogP contribution in [0.5, 0.6) is 0 Å². The topological polar surface area (TPSA) is 94.0 Å². The third-order valence-corrected chi connectivity index (χ3v) is 3.49. The highest BCUT2D eigenvalue weighted by Gasteiger charge is 2.12. The SMILES string of the molecule is CC(CCN)SCC(=O)Nc1nnc(C(C)C)o1. The smallest absolute Gasteiger partial charge is 0.322 e. The lowest BCUT2D eigenvalue weighted by atomic mass is 10.2. The highest BCUT2D eigenvalue weighted by Crippen LogP contribution is 2.16. The first-order valence-corrected chi connectivity index (χ1v) is 7.02. The van der Waals surface area contributed by atoms with Crippen molar-refractivity contribution < 1.29 is 9.21 Å². The summed E-state index contributed by atoms with van der Waals surface area (Å²) in [5, 5.41) is 10.6. The highest BCUT2D eigenvalue weighted by molar-refractivity contribution is 8.00. The zero-order valence-corrected chi connectivity index (χ0v) is 11.8. The molecule has 0 aliphatic rings. The number of nitrogens with two attached hydrogens (primary N) is 1. The Bertz CT molecular complexity index is 381. The largest absolute Gasteiger partial charge is 0.408 e. The molecule has 0 saturated heterocycles. The first-order chi connectivity index (χ1) is 8.52. The van der Waals surface area contributed by atoms with E-state index in [-0.39, 0.29) is 17.8 Å². The van der Waals surface area contributed by atoms with Crippen molar-refractivity contribution in [2.45, 2.75) is 38.4 Å². The molecule has 0 bridgehead atoms. The molecule has 1 atom stereocenters. The number of nitrogens with zero attached hydrogens (tertiary/aromatic N) is 2. The summed E-state index contributed by atoms with van der Waals surface area (Å²) in [5.74, 6) is 0.903. The van der Waals surface area contributed by atoms with Gasteiger partial charge in [-0.15, -0.1) is 16.9 Å². The van der Waals surface area contributed by atoms with Gasteiger partial charge in [-0.25, -0.2) is 0 Å². The lowest BCUT2D eigenvalue weighted by molar-refractivity contribution is -0.113. The van der Waals surface area contributed by atoms with Gasteiger partial charge in [0.15, 0.2) is 0 Å². The van der Waals surface area contributed by atoms with Crippen LogP contribution in [0.25, 0.3) is 0 Å². The van der Waals surface area contributed by atoms with E-state index in [1.54, 1.807) is 11.8 Å². The zero-order valence-electron chi connectivity index (χ0n) is 11.0. The highest BCUT2D eigenvalue weighted by atomic mass is 32.2. The second-order valence-corrected chi connectivity index (χ2v) is 5.77. The summed E-state index contributed by atoms with van der Waals surface area (Å²) < 4.78 is 5.29. The average Bonchev–Trinajstić information content (AvgIpc) is 2.75. The van der Waals surface area contributed by atoms with E-state index in [1.165, 1.54) is 0 Å². The van der Waals surface area contributed by atoms with Gasteiger partial charge in [-0.05, 0) is 13.0 Å². The van der Waals surface area contributed by atoms with E-state index in [0.29, 0.717) is 23.4 Å². The maximum absolute atomic E-state index is 11.6. The number of hydrogen-bond acceptors (Lipinski definition) is 6. The van der Waals surface area contributed by atoms with E-state index in [4.69, 9.17) is 10.2 Å². The summed E-state index contributed by atoms with van der Waals surface area (Å²) in [6.07, 6.45) is 0.899. The van der Waals surface area contributed by atoms with Crippen LogP contribution >= 0.6 is 11.8 Å². The molecule has 0 aliphatic heterocycles. The van der Waals surface area contributed by atoms with Crippen molar-refractivity contribution in [3.63, 3.8) is 0 Å². The molecular formula is C11H20N4O2S. The quantitative estimate of drug-likeness (QED) is 0.783. The van der Waals surface area contributed by atoms with Crippen LogP contribution in [0, 0.1) is 0 Å². The molecule has 0 aromatic carbocycles. The second kappa shape index (κ2) is 7.38. The molecule has 1 rings (SSSR count). The predicted molar refractivity (Wildman–Crippen MR) is 72.6 cm³/mol. The van der Waals surface area contributed by atoms with Gasteiger partial charge in [-0.2, -0.15) is 0 Å². The Labute approximate surface area is 111 Å². The second-order valence-electron chi connectivity index (χ2n) is 4.35. The summed E-state index contributed by atoms with van der Waals surface area (Å²) in [6.45, 7) is 6.58. The predicted octanol–water partition coefficient (Wildman–Crippen LogP) is 1.60. The number of nitrogens with one attached hydrogen (secondary N) is 1. The van der Waals surface area contributed by atoms with Gasteiger partial charge in [-0.3, -0.25) is 10.1 Å². The van der Waals surface area contributed by atoms with Gasteiger partial charge in [0.05, 0.1) is 5.75 Å². The maximum Gasteiger partial charge on any atom is 0.322 e. The van der Waals surface area contributed by atoms with Crippen LogP contribution in [0.1, 0.15) is 39.0 Å². The van der Waals surface area contributed by atoms with Crippen molar-refractivity contribution in [1.82, 2.24) is 10.2 Å². The van der Waals surface area contributed by atoms with E-state index >= 15 is 0 Å². The molecule has 102 valence electrons. The van der Waals surface area contributed by atoms with Gasteiger partial charge in [0.25, 0.3) is 0 Å². The van der Waals surface area contributed by atoms with E-state index in [1.807, 2.05) is 20.8 Å². The van der Waals surface area contributed by atoms with Crippen molar-refractivity contribution >= 4 is 23.7 Å². The van der Waals surface area contributed by atoms with Crippen LogP contribution in [0.4, 0.5) is 6.01 Å². The minimum absolute atomic E-state index is 0.136. The molecular weight excluding hydrogens is 252 g/mol.